The molecule has 2 aromatic carbocycles. The number of benzene rings is 2. The lowest BCUT2D eigenvalue weighted by Crippen LogP contribution is -2.25. The van der Waals surface area contributed by atoms with E-state index >= 15 is 0 Å². The van der Waals surface area contributed by atoms with Crippen molar-refractivity contribution in [2.24, 2.45) is 11.8 Å². The lowest BCUT2D eigenvalue weighted by atomic mass is 9.83. The van der Waals surface area contributed by atoms with E-state index in [0.29, 0.717) is 47.8 Å². The van der Waals surface area contributed by atoms with Crippen molar-refractivity contribution < 1.29 is 38.4 Å². The van der Waals surface area contributed by atoms with Crippen molar-refractivity contribution in [3.63, 3.8) is 0 Å². The first-order valence-corrected chi connectivity index (χ1v) is 12.3. The van der Waals surface area contributed by atoms with E-state index in [-0.39, 0.29) is 30.5 Å². The summed E-state index contributed by atoms with van der Waals surface area (Å²) in [6.45, 7) is 6.08. The van der Waals surface area contributed by atoms with Crippen LogP contribution in [0.3, 0.4) is 0 Å². The molecular weight excluding hydrogens is 476 g/mol. The second-order valence-corrected chi connectivity index (χ2v) is 9.06. The average Bonchev–Trinajstić information content (AvgIpc) is 3.31. The maximum Gasteiger partial charge on any atom is 0.335 e. The molecule has 0 bridgehead atoms. The van der Waals surface area contributed by atoms with Gasteiger partial charge in [0.05, 0.1) is 46.2 Å². The largest absolute Gasteiger partial charge is 0.493 e. The van der Waals surface area contributed by atoms with E-state index in [1.165, 1.54) is 0 Å². The lowest BCUT2D eigenvalue weighted by Gasteiger charge is -2.25. The van der Waals surface area contributed by atoms with Crippen LogP contribution in [-0.2, 0) is 27.1 Å². The summed E-state index contributed by atoms with van der Waals surface area (Å²) in [4.78, 5) is 24.0. The molecule has 0 radical (unpaired) electrons. The third-order valence-corrected chi connectivity index (χ3v) is 6.94. The van der Waals surface area contributed by atoms with E-state index in [1.54, 1.807) is 47.3 Å². The Hall–Kier alpha value is -3.52. The molecule has 1 N–H and O–H groups in total. The van der Waals surface area contributed by atoms with Gasteiger partial charge in [-0.1, -0.05) is 25.1 Å². The number of methoxy groups -OCH3 is 3. The van der Waals surface area contributed by atoms with Gasteiger partial charge in [0.25, 0.3) is 0 Å². The number of esters is 1. The predicted octanol–water partition coefficient (Wildman–Crippen LogP) is 5.03. The number of carbonyl (C=O) groups excluding carboxylic acids is 1. The second-order valence-electron chi connectivity index (χ2n) is 9.06. The topological polar surface area (TPSA) is 101 Å². The minimum Gasteiger partial charge on any atom is -0.493 e. The summed E-state index contributed by atoms with van der Waals surface area (Å²) < 4.78 is 28.5. The molecule has 8 heteroatoms. The van der Waals surface area contributed by atoms with E-state index in [0.717, 1.165) is 16.7 Å². The molecule has 8 nitrogen and oxygen atoms in total. The second kappa shape index (κ2) is 12.6. The maximum absolute atomic E-state index is 12.5. The van der Waals surface area contributed by atoms with E-state index in [2.05, 4.69) is 0 Å². The van der Waals surface area contributed by atoms with Crippen LogP contribution in [0.25, 0.3) is 0 Å². The Morgan fingerprint density at radius 1 is 1.08 bits per heavy atom. The van der Waals surface area contributed by atoms with Gasteiger partial charge >= 0.3 is 11.9 Å². The Balaban J connectivity index is 1.95. The Morgan fingerprint density at radius 3 is 2.30 bits per heavy atom. The van der Waals surface area contributed by atoms with Crippen molar-refractivity contribution in [2.45, 2.75) is 39.7 Å². The van der Waals surface area contributed by atoms with Gasteiger partial charge in [0.15, 0.2) is 11.5 Å². The molecule has 1 saturated heterocycles. The van der Waals surface area contributed by atoms with Gasteiger partial charge in [0.1, 0.15) is 0 Å². The number of rotatable bonds is 11. The summed E-state index contributed by atoms with van der Waals surface area (Å²) in [7, 11) is 4.67. The zero-order valence-corrected chi connectivity index (χ0v) is 22.3. The fourth-order valence-corrected chi connectivity index (χ4v) is 4.75. The van der Waals surface area contributed by atoms with Crippen LogP contribution in [0.5, 0.6) is 17.2 Å². The van der Waals surface area contributed by atoms with Crippen molar-refractivity contribution >= 4 is 11.9 Å². The van der Waals surface area contributed by atoms with E-state index in [9.17, 15) is 14.7 Å². The highest BCUT2D eigenvalue weighted by Crippen LogP contribution is 2.46. The number of carboxylic acid groups (broad SMARTS) is 1. The molecule has 3 atom stereocenters. The van der Waals surface area contributed by atoms with Crippen molar-refractivity contribution in [1.82, 2.24) is 0 Å². The minimum atomic E-state index is -0.931. The average molecular weight is 513 g/mol. The number of carboxylic acids is 1. The Kier molecular flexibility index (Phi) is 9.58. The molecule has 0 aliphatic carbocycles. The zero-order chi connectivity index (χ0) is 27.1. The molecule has 2 aromatic rings. The lowest BCUT2D eigenvalue weighted by molar-refractivity contribution is -0.141. The number of carbonyl (C=O) groups is 2. The van der Waals surface area contributed by atoms with Crippen LogP contribution >= 0.6 is 0 Å². The van der Waals surface area contributed by atoms with Crippen LogP contribution in [0.2, 0.25) is 0 Å². The molecule has 0 unspecified atom stereocenters. The third kappa shape index (κ3) is 6.25. The number of aromatic carboxylic acids is 1. The highest BCUT2D eigenvalue weighted by Gasteiger charge is 2.40. The van der Waals surface area contributed by atoms with Crippen LogP contribution in [0.4, 0.5) is 0 Å². The van der Waals surface area contributed by atoms with Gasteiger partial charge in [-0.15, -0.1) is 0 Å². The smallest absolute Gasteiger partial charge is 0.335 e. The SMILES string of the molecule is C/C=C(/C)C(=O)OC[C@H]1[C@@H](Cc2ccc(C(=O)O)c(CC)c2)CO[C@@H]1c1cc(OC)c(OC)c(OC)c1. The fourth-order valence-electron chi connectivity index (χ4n) is 4.75. The van der Waals surface area contributed by atoms with E-state index in [4.69, 9.17) is 23.7 Å². The van der Waals surface area contributed by atoms with Crippen LogP contribution in [0.15, 0.2) is 42.0 Å². The first-order valence-electron chi connectivity index (χ1n) is 12.3. The van der Waals surface area contributed by atoms with E-state index in [1.807, 2.05) is 31.2 Å². The van der Waals surface area contributed by atoms with Gasteiger partial charge in [-0.3, -0.25) is 0 Å². The molecule has 200 valence electrons. The van der Waals surface area contributed by atoms with Crippen molar-refractivity contribution in [3.8, 4) is 17.2 Å². The van der Waals surface area contributed by atoms with Crippen LogP contribution in [0.1, 0.15) is 53.9 Å². The number of hydrogen-bond acceptors (Lipinski definition) is 7. The normalized spacial score (nSPS) is 19.4. The van der Waals surface area contributed by atoms with Crippen LogP contribution in [0, 0.1) is 11.8 Å². The molecule has 1 aliphatic rings. The minimum absolute atomic E-state index is 0.0307. The number of ether oxygens (including phenoxy) is 5. The summed E-state index contributed by atoms with van der Waals surface area (Å²) in [5.41, 5.74) is 3.49. The van der Waals surface area contributed by atoms with Gasteiger partial charge in [-0.25, -0.2) is 9.59 Å². The number of hydrogen-bond donors (Lipinski definition) is 1. The molecule has 3 rings (SSSR count). The summed E-state index contributed by atoms with van der Waals surface area (Å²) in [6.07, 6.45) is 2.62. The molecule has 1 heterocycles. The number of aryl methyl sites for hydroxylation is 1. The molecule has 0 amide bonds. The van der Waals surface area contributed by atoms with Gasteiger partial charge in [-0.05, 0) is 67.5 Å². The summed E-state index contributed by atoms with van der Waals surface area (Å²) in [6, 6.07) is 9.17. The van der Waals surface area contributed by atoms with Gasteiger partial charge in [-0.2, -0.15) is 0 Å². The first kappa shape index (κ1) is 28.1. The monoisotopic (exact) mass is 512 g/mol. The number of allylic oxidation sites excluding steroid dienone is 1. The predicted molar refractivity (Wildman–Crippen MR) is 139 cm³/mol. The highest BCUT2D eigenvalue weighted by atomic mass is 16.5. The summed E-state index contributed by atoms with van der Waals surface area (Å²) in [5, 5.41) is 9.48. The van der Waals surface area contributed by atoms with Crippen molar-refractivity contribution in [1.29, 1.82) is 0 Å². The van der Waals surface area contributed by atoms with Crippen LogP contribution < -0.4 is 14.2 Å². The Bertz CT molecular complexity index is 1130. The Morgan fingerprint density at radius 2 is 1.76 bits per heavy atom. The van der Waals surface area contributed by atoms with Crippen molar-refractivity contribution in [3.05, 3.63) is 64.2 Å². The molecule has 1 aliphatic heterocycles. The maximum atomic E-state index is 12.5. The van der Waals surface area contributed by atoms with Gasteiger partial charge in [0, 0.05) is 11.5 Å². The molecular formula is C29H36O8. The molecule has 0 aromatic heterocycles. The Labute approximate surface area is 218 Å². The highest BCUT2D eigenvalue weighted by molar-refractivity contribution is 5.89. The van der Waals surface area contributed by atoms with Gasteiger partial charge < -0.3 is 28.8 Å². The molecule has 1 fully saturated rings. The molecule has 0 spiro atoms. The van der Waals surface area contributed by atoms with Crippen LogP contribution in [-0.4, -0.2) is 51.6 Å². The molecule has 0 saturated carbocycles. The quantitative estimate of drug-likeness (QED) is 0.331. The summed E-state index contributed by atoms with van der Waals surface area (Å²) >= 11 is 0. The van der Waals surface area contributed by atoms with Gasteiger partial charge in [0.2, 0.25) is 5.75 Å². The van der Waals surface area contributed by atoms with E-state index < -0.39 is 5.97 Å². The van der Waals surface area contributed by atoms with Crippen molar-refractivity contribution in [2.75, 3.05) is 34.5 Å². The molecule has 37 heavy (non-hydrogen) atoms. The fraction of sp³-hybridized carbons (Fsp3) is 0.448. The zero-order valence-electron chi connectivity index (χ0n) is 22.3. The summed E-state index contributed by atoms with van der Waals surface area (Å²) in [5.74, 6) is 0.0991. The third-order valence-electron chi connectivity index (χ3n) is 6.94. The first-order chi connectivity index (χ1) is 17.8. The standard InChI is InChI=1S/C29H36O8/c1-7-17(3)29(32)37-16-23-21(12-18-9-10-22(28(30)31)19(8-2)11-18)15-36-26(23)20-13-24(33-4)27(35-6)25(14-20)34-5/h7,9-11,13-14,21,23,26H,8,12,15-16H2,1-6H3,(H,30,31)/b17-7-/t21-,23-,26+/m0/s1.